The van der Waals surface area contributed by atoms with Gasteiger partial charge in [-0.2, -0.15) is 0 Å². The van der Waals surface area contributed by atoms with Gasteiger partial charge in [-0.05, 0) is 29.4 Å². The van der Waals surface area contributed by atoms with Crippen LogP contribution in [0.1, 0.15) is 31.4 Å². The number of benzene rings is 1. The second kappa shape index (κ2) is 6.24. The first kappa shape index (κ1) is 15.5. The van der Waals surface area contributed by atoms with E-state index in [0.29, 0.717) is 24.9 Å². The van der Waals surface area contributed by atoms with Crippen molar-refractivity contribution in [2.45, 2.75) is 32.6 Å². The molecule has 2 unspecified atom stereocenters. The van der Waals surface area contributed by atoms with E-state index in [1.54, 1.807) is 28.6 Å². The molecule has 0 amide bonds. The quantitative estimate of drug-likeness (QED) is 0.924. The van der Waals surface area contributed by atoms with Crippen molar-refractivity contribution in [1.82, 2.24) is 4.31 Å². The summed E-state index contributed by atoms with van der Waals surface area (Å²) in [5.41, 5.74) is 1.57. The number of piperidine rings is 1. The number of nitrogens with zero attached hydrogens (tertiary/aromatic N) is 1. The van der Waals surface area contributed by atoms with Crippen molar-refractivity contribution in [3.05, 3.63) is 35.4 Å². The smallest absolute Gasteiger partial charge is 0.218 e. The summed E-state index contributed by atoms with van der Waals surface area (Å²) in [5, 5.41) is 8.99. The fourth-order valence-corrected chi connectivity index (χ4v) is 4.16. The van der Waals surface area contributed by atoms with Crippen molar-refractivity contribution >= 4 is 10.0 Å². The van der Waals surface area contributed by atoms with E-state index < -0.39 is 10.0 Å². The highest BCUT2D eigenvalue weighted by Crippen LogP contribution is 2.25. The molecule has 0 bridgehead atoms. The topological polar surface area (TPSA) is 57.6 Å². The van der Waals surface area contributed by atoms with Gasteiger partial charge in [-0.15, -0.1) is 0 Å². The lowest BCUT2D eigenvalue weighted by Crippen LogP contribution is -2.42. The Labute approximate surface area is 121 Å². The van der Waals surface area contributed by atoms with Crippen molar-refractivity contribution in [1.29, 1.82) is 0 Å². The molecule has 112 valence electrons. The van der Waals surface area contributed by atoms with Gasteiger partial charge in [-0.25, -0.2) is 12.7 Å². The van der Waals surface area contributed by atoms with E-state index in [4.69, 9.17) is 5.11 Å². The summed E-state index contributed by atoms with van der Waals surface area (Å²) in [6.07, 6.45) is 0.934. The zero-order chi connectivity index (χ0) is 14.8. The Morgan fingerprint density at radius 3 is 2.30 bits per heavy atom. The molecule has 1 saturated heterocycles. The summed E-state index contributed by atoms with van der Waals surface area (Å²) in [6, 6.07) is 7.09. The van der Waals surface area contributed by atoms with Crippen molar-refractivity contribution in [3.8, 4) is 0 Å². The summed E-state index contributed by atoms with van der Waals surface area (Å²) in [5.74, 6) is 1.04. The van der Waals surface area contributed by atoms with Crippen molar-refractivity contribution in [2.75, 3.05) is 13.1 Å². The third kappa shape index (κ3) is 3.59. The van der Waals surface area contributed by atoms with Gasteiger partial charge >= 0.3 is 0 Å². The maximum Gasteiger partial charge on any atom is 0.218 e. The second-order valence-electron chi connectivity index (χ2n) is 5.83. The van der Waals surface area contributed by atoms with Gasteiger partial charge in [0.25, 0.3) is 0 Å². The molecule has 5 heteroatoms. The molecule has 0 aromatic heterocycles. The summed E-state index contributed by atoms with van der Waals surface area (Å²) in [6.45, 7) is 5.53. The fraction of sp³-hybridized carbons (Fsp3) is 0.600. The van der Waals surface area contributed by atoms with E-state index in [1.165, 1.54) is 0 Å². The number of aliphatic hydroxyl groups is 1. The number of rotatable bonds is 4. The number of hydrogen-bond donors (Lipinski definition) is 1. The third-order valence-corrected chi connectivity index (χ3v) is 6.06. The van der Waals surface area contributed by atoms with E-state index >= 15 is 0 Å². The Kier molecular flexibility index (Phi) is 4.83. The summed E-state index contributed by atoms with van der Waals surface area (Å²) < 4.78 is 26.5. The van der Waals surface area contributed by atoms with Gasteiger partial charge in [0.2, 0.25) is 10.0 Å². The largest absolute Gasteiger partial charge is 0.392 e. The van der Waals surface area contributed by atoms with Crippen LogP contribution in [0, 0.1) is 11.8 Å². The molecule has 1 aromatic rings. The molecule has 1 N–H and O–H groups in total. The van der Waals surface area contributed by atoms with Gasteiger partial charge in [-0.1, -0.05) is 38.1 Å². The molecule has 1 fully saturated rings. The van der Waals surface area contributed by atoms with E-state index in [0.717, 1.165) is 17.5 Å². The van der Waals surface area contributed by atoms with Gasteiger partial charge in [-0.3, -0.25) is 0 Å². The standard InChI is InChI=1S/C15H23NO3S/c1-12-7-8-16(9-13(12)2)20(18,19)11-15-5-3-14(10-17)4-6-15/h3-6,12-13,17H,7-11H2,1-2H3. The highest BCUT2D eigenvalue weighted by Gasteiger charge is 2.30. The molecule has 0 aliphatic carbocycles. The van der Waals surface area contributed by atoms with Crippen LogP contribution in [0.4, 0.5) is 0 Å². The summed E-state index contributed by atoms with van der Waals surface area (Å²) in [7, 11) is -3.24. The SMILES string of the molecule is CC1CCN(S(=O)(=O)Cc2ccc(CO)cc2)CC1C. The molecule has 2 atom stereocenters. The Bertz CT molecular complexity index is 539. The molecule has 4 nitrogen and oxygen atoms in total. The number of hydrogen-bond acceptors (Lipinski definition) is 3. The Balaban J connectivity index is 2.06. The van der Waals surface area contributed by atoms with Crippen LogP contribution < -0.4 is 0 Å². The van der Waals surface area contributed by atoms with E-state index in [2.05, 4.69) is 13.8 Å². The van der Waals surface area contributed by atoms with Crippen molar-refractivity contribution < 1.29 is 13.5 Å². The summed E-state index contributed by atoms with van der Waals surface area (Å²) >= 11 is 0. The fourth-order valence-electron chi connectivity index (χ4n) is 2.52. The van der Waals surface area contributed by atoms with Gasteiger partial charge < -0.3 is 5.11 Å². The van der Waals surface area contributed by atoms with Gasteiger partial charge in [0, 0.05) is 13.1 Å². The normalized spacial score (nSPS) is 24.8. The monoisotopic (exact) mass is 297 g/mol. The average Bonchev–Trinajstić information content (AvgIpc) is 2.42. The van der Waals surface area contributed by atoms with Crippen LogP contribution in [-0.2, 0) is 22.4 Å². The molecule has 20 heavy (non-hydrogen) atoms. The Morgan fingerprint density at radius 2 is 1.75 bits per heavy atom. The Morgan fingerprint density at radius 1 is 1.15 bits per heavy atom. The predicted molar refractivity (Wildman–Crippen MR) is 79.5 cm³/mol. The number of sulfonamides is 1. The first-order chi connectivity index (χ1) is 9.42. The van der Waals surface area contributed by atoms with Crippen LogP contribution in [0.5, 0.6) is 0 Å². The molecule has 1 aromatic carbocycles. The first-order valence-corrected chi connectivity index (χ1v) is 8.70. The van der Waals surface area contributed by atoms with Crippen LogP contribution >= 0.6 is 0 Å². The molecule has 1 aliphatic rings. The van der Waals surface area contributed by atoms with Crippen molar-refractivity contribution in [3.63, 3.8) is 0 Å². The number of aliphatic hydroxyl groups excluding tert-OH is 1. The average molecular weight is 297 g/mol. The highest BCUT2D eigenvalue weighted by molar-refractivity contribution is 7.88. The van der Waals surface area contributed by atoms with Gasteiger partial charge in [0.05, 0.1) is 12.4 Å². The third-order valence-electron chi connectivity index (χ3n) is 4.24. The van der Waals surface area contributed by atoms with Crippen LogP contribution in [0.25, 0.3) is 0 Å². The maximum atomic E-state index is 12.4. The van der Waals surface area contributed by atoms with Crippen LogP contribution in [0.15, 0.2) is 24.3 Å². The minimum absolute atomic E-state index is 0.0193. The van der Waals surface area contributed by atoms with Crippen molar-refractivity contribution in [2.24, 2.45) is 11.8 Å². The van der Waals surface area contributed by atoms with Crippen LogP contribution in [-0.4, -0.2) is 30.9 Å². The lowest BCUT2D eigenvalue weighted by molar-refractivity contribution is 0.212. The molecular weight excluding hydrogens is 274 g/mol. The second-order valence-corrected chi connectivity index (χ2v) is 7.80. The Hall–Kier alpha value is -0.910. The van der Waals surface area contributed by atoms with E-state index in [-0.39, 0.29) is 12.4 Å². The first-order valence-electron chi connectivity index (χ1n) is 7.09. The van der Waals surface area contributed by atoms with E-state index in [1.807, 2.05) is 0 Å². The molecule has 0 spiro atoms. The molecule has 1 heterocycles. The lowest BCUT2D eigenvalue weighted by Gasteiger charge is -2.34. The zero-order valence-corrected chi connectivity index (χ0v) is 12.9. The van der Waals surface area contributed by atoms with Gasteiger partial charge in [0.1, 0.15) is 0 Å². The van der Waals surface area contributed by atoms with Gasteiger partial charge in [0.15, 0.2) is 0 Å². The highest BCUT2D eigenvalue weighted by atomic mass is 32.2. The van der Waals surface area contributed by atoms with E-state index in [9.17, 15) is 8.42 Å². The van der Waals surface area contributed by atoms with Crippen LogP contribution in [0.2, 0.25) is 0 Å². The molecule has 0 radical (unpaired) electrons. The minimum atomic E-state index is -3.24. The predicted octanol–water partition coefficient (Wildman–Crippen LogP) is 1.99. The maximum absolute atomic E-state index is 12.4. The molecule has 0 saturated carbocycles. The molecular formula is C15H23NO3S. The zero-order valence-electron chi connectivity index (χ0n) is 12.1. The lowest BCUT2D eigenvalue weighted by atomic mass is 9.90. The molecule has 2 rings (SSSR count). The summed E-state index contributed by atoms with van der Waals surface area (Å²) in [4.78, 5) is 0. The molecule has 1 aliphatic heterocycles. The van der Waals surface area contributed by atoms with Crippen LogP contribution in [0.3, 0.4) is 0 Å². The minimum Gasteiger partial charge on any atom is -0.392 e.